The van der Waals surface area contributed by atoms with Crippen LogP contribution < -0.4 is 0 Å². The maximum absolute atomic E-state index is 3.93. The minimum absolute atomic E-state index is 0.907. The zero-order valence-electron chi connectivity index (χ0n) is 6.97. The van der Waals surface area contributed by atoms with E-state index in [0.717, 1.165) is 12.6 Å². The monoisotopic (exact) mass is 140 g/mol. The Kier molecular flexibility index (Phi) is 3.20. The van der Waals surface area contributed by atoms with Crippen LogP contribution in [-0.4, -0.2) is 24.0 Å². The molecule has 0 spiro atoms. The van der Waals surface area contributed by atoms with Crippen LogP contribution in [0.3, 0.4) is 0 Å². The lowest BCUT2D eigenvalue weighted by molar-refractivity contribution is 0.286. The molecule has 0 bridgehead atoms. The molecule has 1 fully saturated rings. The molecule has 0 heterocycles. The molecule has 0 aromatic carbocycles. The van der Waals surface area contributed by atoms with Crippen LogP contribution in [0.25, 0.3) is 0 Å². The number of hydrogen-bond donors (Lipinski definition) is 0. The van der Waals surface area contributed by atoms with Crippen molar-refractivity contribution < 1.29 is 0 Å². The lowest BCUT2D eigenvalue weighted by Crippen LogP contribution is -2.26. The molecule has 10 heavy (non-hydrogen) atoms. The summed E-state index contributed by atoms with van der Waals surface area (Å²) in [5.41, 5.74) is 0. The van der Waals surface area contributed by atoms with Gasteiger partial charge in [-0.3, -0.25) is 0 Å². The van der Waals surface area contributed by atoms with Crippen molar-refractivity contribution in [3.63, 3.8) is 0 Å². The molecule has 1 radical (unpaired) electrons. The van der Waals surface area contributed by atoms with Crippen molar-refractivity contribution in [3.8, 4) is 0 Å². The number of rotatable bonds is 5. The van der Waals surface area contributed by atoms with Crippen molar-refractivity contribution in [2.75, 3.05) is 13.1 Å². The predicted molar refractivity (Wildman–Crippen MR) is 44.9 cm³/mol. The van der Waals surface area contributed by atoms with E-state index in [2.05, 4.69) is 18.7 Å². The van der Waals surface area contributed by atoms with E-state index in [9.17, 15) is 0 Å². The molecule has 0 saturated heterocycles. The summed E-state index contributed by atoms with van der Waals surface area (Å²) in [7, 11) is 0. The minimum atomic E-state index is 0.907. The van der Waals surface area contributed by atoms with Gasteiger partial charge in [0.15, 0.2) is 0 Å². The van der Waals surface area contributed by atoms with Gasteiger partial charge in [-0.1, -0.05) is 13.3 Å². The van der Waals surface area contributed by atoms with Crippen molar-refractivity contribution in [2.24, 2.45) is 0 Å². The summed E-state index contributed by atoms with van der Waals surface area (Å²) in [5, 5.41) is 0. The molecule has 0 unspecified atom stereocenters. The second kappa shape index (κ2) is 3.97. The molecule has 0 aliphatic heterocycles. The van der Waals surface area contributed by atoms with E-state index in [1.54, 1.807) is 0 Å². The highest BCUT2D eigenvalue weighted by Gasteiger charge is 2.26. The van der Waals surface area contributed by atoms with Gasteiger partial charge in [-0.05, 0) is 39.3 Å². The molecular formula is C9H18N. The predicted octanol–water partition coefficient (Wildman–Crippen LogP) is 2.08. The number of nitrogens with zero attached hydrogens (tertiary/aromatic N) is 1. The second-order valence-electron chi connectivity index (χ2n) is 3.12. The maximum atomic E-state index is 3.93. The van der Waals surface area contributed by atoms with Crippen LogP contribution in [0.2, 0.25) is 0 Å². The molecule has 1 saturated carbocycles. The van der Waals surface area contributed by atoms with Gasteiger partial charge < -0.3 is 4.90 Å². The third-order valence-electron chi connectivity index (χ3n) is 2.15. The molecule has 1 rings (SSSR count). The van der Waals surface area contributed by atoms with Crippen LogP contribution in [0.5, 0.6) is 0 Å². The van der Waals surface area contributed by atoms with Crippen LogP contribution in [0.15, 0.2) is 0 Å². The van der Waals surface area contributed by atoms with Gasteiger partial charge in [-0.2, -0.15) is 0 Å². The summed E-state index contributed by atoms with van der Waals surface area (Å²) in [6, 6.07) is 0.907. The van der Waals surface area contributed by atoms with Crippen LogP contribution >= 0.6 is 0 Å². The highest BCUT2D eigenvalue weighted by atomic mass is 15.2. The third-order valence-corrected chi connectivity index (χ3v) is 2.15. The fraction of sp³-hybridized carbons (Fsp3) is 0.889. The first-order valence-corrected chi connectivity index (χ1v) is 4.41. The normalized spacial score (nSPS) is 18.3. The van der Waals surface area contributed by atoms with Gasteiger partial charge >= 0.3 is 0 Å². The van der Waals surface area contributed by atoms with E-state index in [1.165, 1.54) is 32.2 Å². The Labute approximate surface area is 64.4 Å². The first kappa shape index (κ1) is 8.06. The lowest BCUT2D eigenvalue weighted by Gasteiger charge is -2.18. The Morgan fingerprint density at radius 1 is 1.50 bits per heavy atom. The largest absolute Gasteiger partial charge is 0.300 e. The Hall–Kier alpha value is -0.0400. The Bertz CT molecular complexity index is 86.7. The third kappa shape index (κ3) is 2.30. The first-order chi connectivity index (χ1) is 4.88. The van der Waals surface area contributed by atoms with Crippen molar-refractivity contribution in [1.82, 2.24) is 4.90 Å². The molecule has 1 nitrogen and oxygen atoms in total. The quantitative estimate of drug-likeness (QED) is 0.565. The first-order valence-electron chi connectivity index (χ1n) is 4.41. The van der Waals surface area contributed by atoms with Gasteiger partial charge in [-0.15, -0.1) is 0 Å². The van der Waals surface area contributed by atoms with E-state index < -0.39 is 0 Å². The van der Waals surface area contributed by atoms with Gasteiger partial charge in [0.1, 0.15) is 0 Å². The molecule has 59 valence electrons. The van der Waals surface area contributed by atoms with Crippen molar-refractivity contribution in [1.29, 1.82) is 0 Å². The fourth-order valence-electron chi connectivity index (χ4n) is 1.28. The van der Waals surface area contributed by atoms with Crippen molar-refractivity contribution >= 4 is 0 Å². The van der Waals surface area contributed by atoms with Gasteiger partial charge in [0.05, 0.1) is 0 Å². The van der Waals surface area contributed by atoms with E-state index in [4.69, 9.17) is 0 Å². The SMILES string of the molecule is [CH2]CN(CCCC)C1CC1. The lowest BCUT2D eigenvalue weighted by atomic mass is 10.3. The molecular weight excluding hydrogens is 122 g/mol. The van der Waals surface area contributed by atoms with Crippen molar-refractivity contribution in [3.05, 3.63) is 6.92 Å². The van der Waals surface area contributed by atoms with E-state index in [-0.39, 0.29) is 0 Å². The van der Waals surface area contributed by atoms with Crippen LogP contribution in [0.1, 0.15) is 32.6 Å². The van der Waals surface area contributed by atoms with Crippen LogP contribution in [0, 0.1) is 6.92 Å². The highest BCUT2D eigenvalue weighted by Crippen LogP contribution is 2.26. The van der Waals surface area contributed by atoms with Gasteiger partial charge in [0, 0.05) is 6.04 Å². The zero-order chi connectivity index (χ0) is 7.40. The van der Waals surface area contributed by atoms with E-state index >= 15 is 0 Å². The standard InChI is InChI=1S/C9H18N/c1-3-5-8-10(4-2)9-6-7-9/h9H,2-8H2,1H3. The molecule has 1 heteroatoms. The van der Waals surface area contributed by atoms with Gasteiger partial charge in [-0.25, -0.2) is 0 Å². The molecule has 0 amide bonds. The molecule has 0 atom stereocenters. The van der Waals surface area contributed by atoms with Crippen LogP contribution in [0.4, 0.5) is 0 Å². The number of hydrogen-bond acceptors (Lipinski definition) is 1. The summed E-state index contributed by atoms with van der Waals surface area (Å²) in [6.07, 6.45) is 5.48. The molecule has 0 aromatic rings. The second-order valence-corrected chi connectivity index (χ2v) is 3.12. The average molecular weight is 140 g/mol. The Balaban J connectivity index is 2.07. The minimum Gasteiger partial charge on any atom is -0.300 e. The zero-order valence-corrected chi connectivity index (χ0v) is 6.97. The molecule has 1 aliphatic rings. The Morgan fingerprint density at radius 2 is 2.20 bits per heavy atom. The molecule has 0 N–H and O–H groups in total. The fourth-order valence-corrected chi connectivity index (χ4v) is 1.28. The summed E-state index contributed by atoms with van der Waals surface area (Å²) >= 11 is 0. The summed E-state index contributed by atoms with van der Waals surface area (Å²) in [6.45, 7) is 8.44. The highest BCUT2D eigenvalue weighted by molar-refractivity contribution is 4.84. The van der Waals surface area contributed by atoms with E-state index in [1.807, 2.05) is 0 Å². The van der Waals surface area contributed by atoms with Gasteiger partial charge in [0.25, 0.3) is 0 Å². The maximum Gasteiger partial charge on any atom is 0.00964 e. The molecule has 1 aliphatic carbocycles. The Morgan fingerprint density at radius 3 is 2.60 bits per heavy atom. The smallest absolute Gasteiger partial charge is 0.00964 e. The summed E-state index contributed by atoms with van der Waals surface area (Å²) < 4.78 is 0. The average Bonchev–Trinajstić information content (AvgIpc) is 2.73. The van der Waals surface area contributed by atoms with Gasteiger partial charge in [0.2, 0.25) is 0 Å². The van der Waals surface area contributed by atoms with E-state index in [0.29, 0.717) is 0 Å². The summed E-state index contributed by atoms with van der Waals surface area (Å²) in [4.78, 5) is 2.50. The topological polar surface area (TPSA) is 3.24 Å². The molecule has 0 aromatic heterocycles. The number of unbranched alkanes of at least 4 members (excludes halogenated alkanes) is 1. The van der Waals surface area contributed by atoms with Crippen molar-refractivity contribution in [2.45, 2.75) is 38.6 Å². The summed E-state index contributed by atoms with van der Waals surface area (Å²) in [5.74, 6) is 0. The van der Waals surface area contributed by atoms with Crippen LogP contribution in [-0.2, 0) is 0 Å².